The Balaban J connectivity index is 1.69. The molecule has 0 spiro atoms. The van der Waals surface area contributed by atoms with Gasteiger partial charge in [-0.15, -0.1) is 5.10 Å². The Bertz CT molecular complexity index is 726. The third kappa shape index (κ3) is 2.99. The molecule has 1 saturated heterocycles. The van der Waals surface area contributed by atoms with Crippen molar-refractivity contribution in [2.24, 2.45) is 0 Å². The molecule has 4 N–H and O–H groups in total. The predicted molar refractivity (Wildman–Crippen MR) is 81.5 cm³/mol. The molecule has 2 amide bonds. The maximum absolute atomic E-state index is 12.4. The van der Waals surface area contributed by atoms with Gasteiger partial charge in [0.15, 0.2) is 0 Å². The second-order valence-corrected chi connectivity index (χ2v) is 5.04. The molecule has 0 radical (unpaired) electrons. The highest BCUT2D eigenvalue weighted by molar-refractivity contribution is 6.22. The van der Waals surface area contributed by atoms with Crippen LogP contribution < -0.4 is 20.7 Å². The number of nitrogens with two attached hydrogens (primary N) is 1. The number of aromatic amines is 1. The van der Waals surface area contributed by atoms with E-state index >= 15 is 0 Å². The highest BCUT2D eigenvalue weighted by Gasteiger charge is 2.39. The quantitative estimate of drug-likeness (QED) is 0.653. The molecule has 9 nitrogen and oxygen atoms in total. The first kappa shape index (κ1) is 15.0. The van der Waals surface area contributed by atoms with E-state index in [0.29, 0.717) is 17.3 Å². The van der Waals surface area contributed by atoms with Crippen molar-refractivity contribution < 1.29 is 14.3 Å². The van der Waals surface area contributed by atoms with Gasteiger partial charge in [0.2, 0.25) is 11.9 Å². The molecule has 120 valence electrons. The molecule has 1 aromatic heterocycles. The molecule has 9 heteroatoms. The fraction of sp³-hybridized carbons (Fsp3) is 0.286. The number of hydrogen-bond donors (Lipinski definition) is 3. The fourth-order valence-electron chi connectivity index (χ4n) is 2.40. The first-order valence-electron chi connectivity index (χ1n) is 6.99. The largest absolute Gasteiger partial charge is 0.497 e. The van der Waals surface area contributed by atoms with Gasteiger partial charge in [-0.05, 0) is 24.3 Å². The molecule has 1 fully saturated rings. The van der Waals surface area contributed by atoms with Crippen LogP contribution in [0.2, 0.25) is 0 Å². The minimum Gasteiger partial charge on any atom is -0.497 e. The number of nitrogens with one attached hydrogen (secondary N) is 2. The number of carbonyl (C=O) groups excluding carboxylic acids is 2. The molecule has 23 heavy (non-hydrogen) atoms. The normalized spacial score (nSPS) is 17.8. The van der Waals surface area contributed by atoms with E-state index < -0.39 is 6.04 Å². The van der Waals surface area contributed by atoms with E-state index in [4.69, 9.17) is 10.5 Å². The monoisotopic (exact) mass is 316 g/mol. The lowest BCUT2D eigenvalue weighted by atomic mass is 10.2. The number of aromatic nitrogens is 3. The van der Waals surface area contributed by atoms with Crippen LogP contribution >= 0.6 is 0 Å². The molecule has 0 aliphatic carbocycles. The van der Waals surface area contributed by atoms with Gasteiger partial charge in [-0.1, -0.05) is 0 Å². The van der Waals surface area contributed by atoms with Crippen LogP contribution in [0.3, 0.4) is 0 Å². The van der Waals surface area contributed by atoms with Crippen molar-refractivity contribution in [3.05, 3.63) is 30.1 Å². The van der Waals surface area contributed by atoms with Crippen molar-refractivity contribution in [3.63, 3.8) is 0 Å². The summed E-state index contributed by atoms with van der Waals surface area (Å²) in [5.41, 5.74) is 5.93. The van der Waals surface area contributed by atoms with Crippen molar-refractivity contribution in [2.45, 2.75) is 19.0 Å². The Morgan fingerprint density at radius 2 is 2.13 bits per heavy atom. The number of anilines is 2. The van der Waals surface area contributed by atoms with Crippen LogP contribution in [0.1, 0.15) is 12.2 Å². The van der Waals surface area contributed by atoms with Gasteiger partial charge in [-0.25, -0.2) is 4.90 Å². The zero-order valence-electron chi connectivity index (χ0n) is 12.4. The van der Waals surface area contributed by atoms with Crippen LogP contribution in [0.15, 0.2) is 24.3 Å². The summed E-state index contributed by atoms with van der Waals surface area (Å²) in [5.74, 6) is 0.744. The van der Waals surface area contributed by atoms with Crippen molar-refractivity contribution >= 4 is 23.5 Å². The minimum atomic E-state index is -0.601. The van der Waals surface area contributed by atoms with Gasteiger partial charge in [0.25, 0.3) is 5.91 Å². The SMILES string of the molecule is COc1ccc(N2C(=O)CC(NCc3nc(N)n[nH]3)C2=O)cc1. The number of ether oxygens (including phenoxy) is 1. The van der Waals surface area contributed by atoms with Crippen LogP contribution in [0.4, 0.5) is 11.6 Å². The number of nitrogen functional groups attached to an aromatic ring is 1. The van der Waals surface area contributed by atoms with Crippen LogP contribution in [0.5, 0.6) is 5.75 Å². The van der Waals surface area contributed by atoms with E-state index in [2.05, 4.69) is 20.5 Å². The van der Waals surface area contributed by atoms with Gasteiger partial charge in [0.05, 0.1) is 31.8 Å². The fourth-order valence-corrected chi connectivity index (χ4v) is 2.40. The molecule has 0 bridgehead atoms. The molecule has 2 aromatic rings. The lowest BCUT2D eigenvalue weighted by molar-refractivity contribution is -0.121. The number of H-pyrrole nitrogens is 1. The third-order valence-electron chi connectivity index (χ3n) is 3.54. The van der Waals surface area contributed by atoms with Crippen molar-refractivity contribution in [2.75, 3.05) is 17.7 Å². The van der Waals surface area contributed by atoms with Crippen molar-refractivity contribution in [3.8, 4) is 5.75 Å². The van der Waals surface area contributed by atoms with Gasteiger partial charge >= 0.3 is 0 Å². The molecule has 1 aromatic carbocycles. The van der Waals surface area contributed by atoms with Gasteiger partial charge in [-0.3, -0.25) is 20.0 Å². The third-order valence-corrected chi connectivity index (χ3v) is 3.54. The van der Waals surface area contributed by atoms with Gasteiger partial charge in [0.1, 0.15) is 11.6 Å². The van der Waals surface area contributed by atoms with E-state index in [9.17, 15) is 9.59 Å². The number of carbonyl (C=O) groups is 2. The Morgan fingerprint density at radius 1 is 1.39 bits per heavy atom. The van der Waals surface area contributed by atoms with E-state index in [1.807, 2.05) is 0 Å². The van der Waals surface area contributed by atoms with E-state index in [1.165, 1.54) is 4.90 Å². The Hall–Kier alpha value is -2.94. The summed E-state index contributed by atoms with van der Waals surface area (Å²) in [4.78, 5) is 29.7. The number of benzene rings is 1. The Morgan fingerprint density at radius 3 is 2.74 bits per heavy atom. The highest BCUT2D eigenvalue weighted by Crippen LogP contribution is 2.25. The number of hydrogen-bond acceptors (Lipinski definition) is 7. The Kier molecular flexibility index (Phi) is 3.94. The van der Waals surface area contributed by atoms with Gasteiger partial charge < -0.3 is 10.5 Å². The van der Waals surface area contributed by atoms with Crippen molar-refractivity contribution in [1.82, 2.24) is 20.5 Å². The maximum atomic E-state index is 12.4. The summed E-state index contributed by atoms with van der Waals surface area (Å²) in [6.45, 7) is 0.268. The van der Waals surface area contributed by atoms with Gasteiger partial charge in [0, 0.05) is 0 Å². The van der Waals surface area contributed by atoms with Crippen LogP contribution in [0.25, 0.3) is 0 Å². The molecular weight excluding hydrogens is 300 g/mol. The zero-order valence-corrected chi connectivity index (χ0v) is 12.4. The Labute approximate surface area is 131 Å². The topological polar surface area (TPSA) is 126 Å². The molecule has 1 unspecified atom stereocenters. The second-order valence-electron chi connectivity index (χ2n) is 5.04. The standard InChI is InChI=1S/C14H16N6O3/c1-23-9-4-2-8(3-5-9)20-12(21)6-10(13(20)22)16-7-11-17-14(15)19-18-11/h2-5,10,16H,6-7H2,1H3,(H3,15,17,18,19). The molecule has 3 rings (SSSR count). The molecular formula is C14H16N6O3. The number of amides is 2. The van der Waals surface area contributed by atoms with Crippen LogP contribution in [-0.4, -0.2) is 40.1 Å². The van der Waals surface area contributed by atoms with E-state index in [0.717, 1.165) is 0 Å². The molecule has 1 aliphatic rings. The average molecular weight is 316 g/mol. The summed E-state index contributed by atoms with van der Waals surface area (Å²) >= 11 is 0. The van der Waals surface area contributed by atoms with Crippen molar-refractivity contribution in [1.29, 1.82) is 0 Å². The number of rotatable bonds is 5. The van der Waals surface area contributed by atoms with Crippen LogP contribution in [-0.2, 0) is 16.1 Å². The number of methoxy groups -OCH3 is 1. The maximum Gasteiger partial charge on any atom is 0.251 e. The molecule has 0 saturated carbocycles. The van der Waals surface area contributed by atoms with Crippen LogP contribution in [0, 0.1) is 0 Å². The van der Waals surface area contributed by atoms with E-state index in [-0.39, 0.29) is 30.7 Å². The summed E-state index contributed by atoms with van der Waals surface area (Å²) < 4.78 is 5.07. The molecule has 1 aliphatic heterocycles. The summed E-state index contributed by atoms with van der Waals surface area (Å²) in [5, 5.41) is 9.33. The van der Waals surface area contributed by atoms with Gasteiger partial charge in [-0.2, -0.15) is 4.98 Å². The lowest BCUT2D eigenvalue weighted by Crippen LogP contribution is -2.38. The first-order chi connectivity index (χ1) is 11.1. The molecule has 1 atom stereocenters. The summed E-state index contributed by atoms with van der Waals surface area (Å²) in [6.07, 6.45) is 0.0917. The zero-order chi connectivity index (χ0) is 16.4. The smallest absolute Gasteiger partial charge is 0.251 e. The number of nitrogens with zero attached hydrogens (tertiary/aromatic N) is 3. The summed E-state index contributed by atoms with van der Waals surface area (Å²) in [7, 11) is 1.55. The second kappa shape index (κ2) is 6.05. The average Bonchev–Trinajstić information content (AvgIpc) is 3.09. The minimum absolute atomic E-state index is 0.0917. The lowest BCUT2D eigenvalue weighted by Gasteiger charge is -2.15. The molecule has 2 heterocycles. The van der Waals surface area contributed by atoms with E-state index in [1.54, 1.807) is 31.4 Å². The summed E-state index contributed by atoms with van der Waals surface area (Å²) in [6, 6.07) is 6.15. The first-order valence-corrected chi connectivity index (χ1v) is 6.99. The number of imide groups is 1. The highest BCUT2D eigenvalue weighted by atomic mass is 16.5. The predicted octanol–water partition coefficient (Wildman–Crippen LogP) is -0.183.